The molecule has 3 rings (SSSR count). The number of allylic oxidation sites excluding steroid dienone is 3. The second-order valence-electron chi connectivity index (χ2n) is 7.31. The third kappa shape index (κ3) is 5.11. The monoisotopic (exact) mass is 381 g/mol. The number of thioether (sulfide) groups is 1. The first-order valence-electron chi connectivity index (χ1n) is 9.31. The van der Waals surface area contributed by atoms with Gasteiger partial charge in [-0.3, -0.25) is 4.79 Å². The molecule has 0 aromatic carbocycles. The smallest absolute Gasteiger partial charge is 0.330 e. The summed E-state index contributed by atoms with van der Waals surface area (Å²) in [5.41, 5.74) is 0.982. The first-order chi connectivity index (χ1) is 12.4. The van der Waals surface area contributed by atoms with Crippen LogP contribution in [0.25, 0.3) is 0 Å². The highest BCUT2D eigenvalue weighted by Gasteiger charge is 2.49. The Morgan fingerprint density at radius 2 is 2.08 bits per heavy atom. The van der Waals surface area contributed by atoms with Crippen molar-refractivity contribution in [2.45, 2.75) is 75.9 Å². The molecule has 2 fully saturated rings. The van der Waals surface area contributed by atoms with Crippen LogP contribution in [0.5, 0.6) is 0 Å². The van der Waals surface area contributed by atoms with Crippen molar-refractivity contribution in [1.82, 2.24) is 5.32 Å². The minimum Gasteiger partial charge on any atom is -0.459 e. The van der Waals surface area contributed by atoms with Crippen LogP contribution in [0.2, 0.25) is 0 Å². The molecule has 0 aromatic rings. The van der Waals surface area contributed by atoms with Crippen LogP contribution in [0.4, 0.5) is 4.79 Å². The maximum atomic E-state index is 12.2. The molecule has 0 radical (unpaired) electrons. The first kappa shape index (κ1) is 19.5. The summed E-state index contributed by atoms with van der Waals surface area (Å²) >= 11 is 1.14. The van der Waals surface area contributed by atoms with Gasteiger partial charge in [0.25, 0.3) is 5.24 Å². The topological polar surface area (TPSA) is 84.9 Å². The zero-order valence-electron chi connectivity index (χ0n) is 15.1. The van der Waals surface area contributed by atoms with Gasteiger partial charge in [0.15, 0.2) is 5.79 Å². The number of hydrogen-bond acceptors (Lipinski definition) is 6. The fourth-order valence-corrected chi connectivity index (χ4v) is 4.58. The van der Waals surface area contributed by atoms with Gasteiger partial charge in [-0.25, -0.2) is 4.79 Å². The third-order valence-corrected chi connectivity index (χ3v) is 5.93. The first-order valence-corrected chi connectivity index (χ1v) is 10.3. The highest BCUT2D eigenvalue weighted by molar-refractivity contribution is 8.14. The van der Waals surface area contributed by atoms with E-state index in [2.05, 4.69) is 17.5 Å². The summed E-state index contributed by atoms with van der Waals surface area (Å²) in [7, 11) is 0. The molecule has 0 aromatic heterocycles. The second kappa shape index (κ2) is 8.59. The minimum absolute atomic E-state index is 0.159. The van der Waals surface area contributed by atoms with E-state index in [1.807, 2.05) is 6.92 Å². The summed E-state index contributed by atoms with van der Waals surface area (Å²) in [6.45, 7) is 1.93. The Morgan fingerprint density at radius 3 is 2.85 bits per heavy atom. The molecule has 144 valence electrons. The van der Waals surface area contributed by atoms with Crippen molar-refractivity contribution in [1.29, 1.82) is 0 Å². The summed E-state index contributed by atoms with van der Waals surface area (Å²) in [4.78, 5) is 23.8. The number of nitrogens with one attached hydrogen (secondary N) is 1. The Morgan fingerprint density at radius 1 is 1.27 bits per heavy atom. The highest BCUT2D eigenvalue weighted by atomic mass is 32.2. The molecule has 1 amide bonds. The molecule has 0 spiro atoms. The zero-order chi connectivity index (χ0) is 18.6. The zero-order valence-corrected chi connectivity index (χ0v) is 15.9. The van der Waals surface area contributed by atoms with Gasteiger partial charge in [0.2, 0.25) is 0 Å². The van der Waals surface area contributed by atoms with Gasteiger partial charge in [-0.1, -0.05) is 29.5 Å². The van der Waals surface area contributed by atoms with Gasteiger partial charge in [-0.05, 0) is 39.0 Å². The van der Waals surface area contributed by atoms with E-state index in [1.54, 1.807) is 0 Å². The van der Waals surface area contributed by atoms with Crippen molar-refractivity contribution in [3.8, 4) is 0 Å². The molecule has 2 bridgehead atoms. The van der Waals surface area contributed by atoms with Crippen molar-refractivity contribution in [3.63, 3.8) is 0 Å². The molecule has 6 nitrogen and oxygen atoms in total. The molecular formula is C19H27NO5S. The van der Waals surface area contributed by atoms with Crippen LogP contribution in [0.1, 0.15) is 51.9 Å². The van der Waals surface area contributed by atoms with Crippen molar-refractivity contribution in [3.05, 3.63) is 23.8 Å². The van der Waals surface area contributed by atoms with E-state index in [-0.39, 0.29) is 23.7 Å². The van der Waals surface area contributed by atoms with Gasteiger partial charge in [-0.15, -0.1) is 0 Å². The van der Waals surface area contributed by atoms with Crippen LogP contribution in [0, 0.1) is 0 Å². The number of ether oxygens (including phenoxy) is 2. The van der Waals surface area contributed by atoms with E-state index in [4.69, 9.17) is 9.47 Å². The van der Waals surface area contributed by atoms with Crippen molar-refractivity contribution >= 4 is 23.0 Å². The number of hydrogen-bond donors (Lipinski definition) is 2. The van der Waals surface area contributed by atoms with Crippen LogP contribution >= 0.6 is 11.8 Å². The summed E-state index contributed by atoms with van der Waals surface area (Å²) in [6.07, 6.45) is 10.4. The van der Waals surface area contributed by atoms with Crippen LogP contribution < -0.4 is 5.32 Å². The van der Waals surface area contributed by atoms with Gasteiger partial charge in [0, 0.05) is 24.7 Å². The molecule has 2 N–H and O–H groups in total. The quantitative estimate of drug-likeness (QED) is 0.536. The molecule has 3 aliphatic heterocycles. The largest absolute Gasteiger partial charge is 0.459 e. The number of carbonyl (C=O) groups excluding carboxylic acids is 2. The number of carbonyl (C=O) groups is 2. The maximum Gasteiger partial charge on any atom is 0.330 e. The fourth-order valence-electron chi connectivity index (χ4n) is 3.69. The van der Waals surface area contributed by atoms with Gasteiger partial charge in [0.1, 0.15) is 6.10 Å². The van der Waals surface area contributed by atoms with Crippen molar-refractivity contribution in [2.24, 2.45) is 0 Å². The Bertz CT molecular complexity index is 605. The molecule has 3 aliphatic rings. The predicted octanol–water partition coefficient (Wildman–Crippen LogP) is 3.06. The van der Waals surface area contributed by atoms with Gasteiger partial charge >= 0.3 is 5.97 Å². The summed E-state index contributed by atoms with van der Waals surface area (Å²) in [6, 6.07) is -0.486. The average molecular weight is 381 g/mol. The van der Waals surface area contributed by atoms with Crippen molar-refractivity contribution in [2.75, 3.05) is 5.75 Å². The van der Waals surface area contributed by atoms with E-state index >= 15 is 0 Å². The van der Waals surface area contributed by atoms with Gasteiger partial charge < -0.3 is 19.9 Å². The Labute approximate surface area is 158 Å². The Kier molecular flexibility index (Phi) is 6.42. The van der Waals surface area contributed by atoms with Gasteiger partial charge in [0.05, 0.1) is 12.1 Å². The lowest BCUT2D eigenvalue weighted by molar-refractivity contribution is -0.283. The second-order valence-corrected chi connectivity index (χ2v) is 8.30. The normalized spacial score (nSPS) is 39.9. The molecular weight excluding hydrogens is 354 g/mol. The third-order valence-electron chi connectivity index (χ3n) is 5.05. The van der Waals surface area contributed by atoms with E-state index in [1.165, 1.54) is 6.08 Å². The number of fused-ring (bicyclic) bond motifs is 2. The van der Waals surface area contributed by atoms with E-state index in [0.717, 1.165) is 49.4 Å². The van der Waals surface area contributed by atoms with Crippen molar-refractivity contribution < 1.29 is 24.2 Å². The lowest BCUT2D eigenvalue weighted by atomic mass is 9.91. The minimum atomic E-state index is -1.50. The Balaban J connectivity index is 1.76. The van der Waals surface area contributed by atoms with E-state index in [9.17, 15) is 14.7 Å². The molecule has 3 heterocycles. The molecule has 0 aliphatic carbocycles. The van der Waals surface area contributed by atoms with E-state index in [0.29, 0.717) is 12.2 Å². The molecule has 4 atom stereocenters. The summed E-state index contributed by atoms with van der Waals surface area (Å²) in [5, 5.41) is 13.7. The number of esters is 1. The fraction of sp³-hybridized carbons (Fsp3) is 0.684. The van der Waals surface area contributed by atoms with Crippen LogP contribution in [-0.2, 0) is 14.3 Å². The number of rotatable bonds is 1. The molecule has 26 heavy (non-hydrogen) atoms. The SMILES string of the molecule is C/C1=C/C(=O)OC2C[C@@H](CCC/C=C\CC1)OC(O)(C1CSC(=O)N1)C2. The predicted molar refractivity (Wildman–Crippen MR) is 99.7 cm³/mol. The maximum absolute atomic E-state index is 12.2. The number of amides is 1. The summed E-state index contributed by atoms with van der Waals surface area (Å²) < 4.78 is 11.6. The molecule has 0 saturated carbocycles. The molecule has 2 saturated heterocycles. The van der Waals surface area contributed by atoms with Crippen LogP contribution in [0.15, 0.2) is 23.8 Å². The molecule has 3 unspecified atom stereocenters. The van der Waals surface area contributed by atoms with E-state index < -0.39 is 17.9 Å². The molecule has 7 heteroatoms. The lowest BCUT2D eigenvalue weighted by Gasteiger charge is -2.43. The number of aliphatic hydroxyl groups is 1. The lowest BCUT2D eigenvalue weighted by Crippen LogP contribution is -2.58. The summed E-state index contributed by atoms with van der Waals surface area (Å²) in [5.74, 6) is -1.43. The van der Waals surface area contributed by atoms with Crippen LogP contribution in [-0.4, -0.2) is 46.1 Å². The highest BCUT2D eigenvalue weighted by Crippen LogP contribution is 2.36. The standard InChI is InChI=1S/C19H27NO5S/c1-13-7-5-3-2-4-6-8-14-10-15(24-17(21)9-13)11-19(23,25-14)16-12-26-18(22)20-16/h2-3,9,14-16,23H,4-8,10-12H2,1H3,(H,20,22)/b3-2-,13-9-/t14-,15?,16?,19?/m1/s1. The Hall–Kier alpha value is -1.31. The average Bonchev–Trinajstić information content (AvgIpc) is 3.00. The van der Waals surface area contributed by atoms with Crippen LogP contribution in [0.3, 0.4) is 0 Å². The van der Waals surface area contributed by atoms with Gasteiger partial charge in [-0.2, -0.15) is 0 Å².